The van der Waals surface area contributed by atoms with Gasteiger partial charge in [0, 0.05) is 23.7 Å². The molecule has 0 aliphatic carbocycles. The van der Waals surface area contributed by atoms with Crippen LogP contribution in [0.1, 0.15) is 13.8 Å². The van der Waals surface area contributed by atoms with E-state index in [1.165, 1.54) is 0 Å². The lowest BCUT2D eigenvalue weighted by Crippen LogP contribution is -2.44. The summed E-state index contributed by atoms with van der Waals surface area (Å²) in [5.41, 5.74) is 0.0771. The van der Waals surface area contributed by atoms with Crippen molar-refractivity contribution < 1.29 is 0 Å². The van der Waals surface area contributed by atoms with Crippen LogP contribution in [0.15, 0.2) is 17.6 Å². The topological polar surface area (TPSA) is 41.0 Å². The molecule has 0 saturated heterocycles. The van der Waals surface area contributed by atoms with E-state index in [4.69, 9.17) is 0 Å². The molecule has 0 spiro atoms. The lowest BCUT2D eigenvalue weighted by molar-refractivity contribution is 0.210. The molecule has 2 aromatic heterocycles. The Balaban J connectivity index is 2.08. The molecular formula is C12H18N4S. The third-order valence-electron chi connectivity index (χ3n) is 3.10. The van der Waals surface area contributed by atoms with Crippen molar-refractivity contribution in [2.75, 3.05) is 26.0 Å². The molecule has 2 heterocycles. The van der Waals surface area contributed by atoms with E-state index >= 15 is 0 Å². The minimum Gasteiger partial charge on any atom is -0.352 e. The van der Waals surface area contributed by atoms with Crippen molar-refractivity contribution in [3.8, 4) is 0 Å². The molecular weight excluding hydrogens is 232 g/mol. The highest BCUT2D eigenvalue weighted by molar-refractivity contribution is 7.16. The fourth-order valence-corrected chi connectivity index (χ4v) is 2.03. The number of nitrogens with zero attached hydrogens (tertiary/aromatic N) is 3. The Morgan fingerprint density at radius 1 is 1.41 bits per heavy atom. The first-order valence-electron chi connectivity index (χ1n) is 5.60. The fourth-order valence-electron chi connectivity index (χ4n) is 1.29. The van der Waals surface area contributed by atoms with Crippen LogP contribution in [0.3, 0.4) is 0 Å². The monoisotopic (exact) mass is 250 g/mol. The smallest absolute Gasteiger partial charge is 0.224 e. The molecule has 1 N–H and O–H groups in total. The van der Waals surface area contributed by atoms with E-state index < -0.39 is 0 Å². The predicted molar refractivity (Wildman–Crippen MR) is 73.7 cm³/mol. The molecule has 0 atom stereocenters. The normalized spacial score (nSPS) is 12.3. The average Bonchev–Trinajstić information content (AvgIpc) is 2.73. The molecule has 0 saturated carbocycles. The summed E-state index contributed by atoms with van der Waals surface area (Å²) in [6.07, 6.45) is 1.86. The van der Waals surface area contributed by atoms with Crippen molar-refractivity contribution in [1.82, 2.24) is 14.9 Å². The van der Waals surface area contributed by atoms with E-state index in [1.807, 2.05) is 17.6 Å². The zero-order chi connectivity index (χ0) is 12.5. The van der Waals surface area contributed by atoms with Gasteiger partial charge < -0.3 is 10.2 Å². The zero-order valence-corrected chi connectivity index (χ0v) is 11.5. The maximum Gasteiger partial charge on any atom is 0.224 e. The number of aromatic nitrogens is 2. The van der Waals surface area contributed by atoms with Gasteiger partial charge >= 0.3 is 0 Å². The van der Waals surface area contributed by atoms with E-state index in [2.05, 4.69) is 48.1 Å². The molecule has 0 aromatic carbocycles. The zero-order valence-electron chi connectivity index (χ0n) is 10.7. The Morgan fingerprint density at radius 2 is 2.18 bits per heavy atom. The molecule has 4 nitrogen and oxygen atoms in total. The Hall–Kier alpha value is -1.20. The summed E-state index contributed by atoms with van der Waals surface area (Å²) in [5.74, 6) is 0.704. The quantitative estimate of drug-likeness (QED) is 0.905. The summed E-state index contributed by atoms with van der Waals surface area (Å²) in [4.78, 5) is 12.0. The van der Waals surface area contributed by atoms with Crippen molar-refractivity contribution in [2.24, 2.45) is 0 Å². The Labute approximate surface area is 106 Å². The second-order valence-electron chi connectivity index (χ2n) is 4.94. The molecule has 5 heteroatoms. The van der Waals surface area contributed by atoms with E-state index in [0.717, 1.165) is 16.8 Å². The number of hydrogen-bond donors (Lipinski definition) is 1. The number of likely N-dealkylation sites (N-methyl/N-ethyl adjacent to an activating group) is 1. The van der Waals surface area contributed by atoms with Crippen LogP contribution >= 0.6 is 11.3 Å². The highest BCUT2D eigenvalue weighted by Crippen LogP contribution is 2.19. The van der Waals surface area contributed by atoms with Crippen molar-refractivity contribution in [2.45, 2.75) is 19.4 Å². The first-order valence-corrected chi connectivity index (χ1v) is 6.48. The first kappa shape index (κ1) is 12.3. The fraction of sp³-hybridized carbons (Fsp3) is 0.500. The van der Waals surface area contributed by atoms with Gasteiger partial charge in [0.15, 0.2) is 0 Å². The second kappa shape index (κ2) is 4.58. The Bertz CT molecular complexity index is 504. The van der Waals surface area contributed by atoms with E-state index in [-0.39, 0.29) is 5.54 Å². The van der Waals surface area contributed by atoms with Gasteiger partial charge in [-0.05, 0) is 39.4 Å². The van der Waals surface area contributed by atoms with Crippen molar-refractivity contribution in [3.05, 3.63) is 17.6 Å². The first-order chi connectivity index (χ1) is 7.99. The number of thiophene rings is 1. The van der Waals surface area contributed by atoms with E-state index in [0.29, 0.717) is 5.95 Å². The summed E-state index contributed by atoms with van der Waals surface area (Å²) in [7, 11) is 4.15. The Kier molecular flexibility index (Phi) is 3.31. The molecule has 2 aromatic rings. The maximum absolute atomic E-state index is 4.48. The standard InChI is InChI=1S/C12H18N4S/c1-12(2,16(3)4)8-14-11-13-7-9-5-6-17-10(9)15-11/h5-7H,8H2,1-4H3,(H,13,14,15). The Morgan fingerprint density at radius 3 is 2.88 bits per heavy atom. The van der Waals surface area contributed by atoms with Crippen LogP contribution in [0.4, 0.5) is 5.95 Å². The van der Waals surface area contributed by atoms with Crippen LogP contribution in [0.2, 0.25) is 0 Å². The van der Waals surface area contributed by atoms with E-state index in [9.17, 15) is 0 Å². The number of hydrogen-bond acceptors (Lipinski definition) is 5. The lowest BCUT2D eigenvalue weighted by Gasteiger charge is -2.32. The van der Waals surface area contributed by atoms with Crippen molar-refractivity contribution in [1.29, 1.82) is 0 Å². The van der Waals surface area contributed by atoms with E-state index in [1.54, 1.807) is 11.3 Å². The lowest BCUT2D eigenvalue weighted by atomic mass is 10.1. The molecule has 0 amide bonds. The van der Waals surface area contributed by atoms with Gasteiger partial charge in [-0.25, -0.2) is 9.97 Å². The number of nitrogens with one attached hydrogen (secondary N) is 1. The third kappa shape index (κ3) is 2.73. The molecule has 0 radical (unpaired) electrons. The summed E-state index contributed by atoms with van der Waals surface area (Å²) < 4.78 is 0. The van der Waals surface area contributed by atoms with Gasteiger partial charge in [-0.2, -0.15) is 0 Å². The van der Waals surface area contributed by atoms with Crippen LogP contribution in [0, 0.1) is 0 Å². The van der Waals surface area contributed by atoms with Gasteiger partial charge in [-0.3, -0.25) is 0 Å². The second-order valence-corrected chi connectivity index (χ2v) is 5.83. The van der Waals surface area contributed by atoms with Crippen LogP contribution in [-0.2, 0) is 0 Å². The van der Waals surface area contributed by atoms with Crippen molar-refractivity contribution >= 4 is 27.5 Å². The number of anilines is 1. The molecule has 17 heavy (non-hydrogen) atoms. The van der Waals surface area contributed by atoms with Crippen molar-refractivity contribution in [3.63, 3.8) is 0 Å². The van der Waals surface area contributed by atoms with Crippen LogP contribution in [-0.4, -0.2) is 41.0 Å². The molecule has 0 fully saturated rings. The minimum absolute atomic E-state index is 0.0771. The summed E-state index contributed by atoms with van der Waals surface area (Å²) in [6, 6.07) is 2.04. The number of fused-ring (bicyclic) bond motifs is 1. The van der Waals surface area contributed by atoms with Gasteiger partial charge in [-0.15, -0.1) is 11.3 Å². The van der Waals surface area contributed by atoms with Crippen LogP contribution in [0.5, 0.6) is 0 Å². The third-order valence-corrected chi connectivity index (χ3v) is 3.92. The average molecular weight is 250 g/mol. The highest BCUT2D eigenvalue weighted by Gasteiger charge is 2.20. The molecule has 0 aliphatic rings. The molecule has 2 rings (SSSR count). The summed E-state index contributed by atoms with van der Waals surface area (Å²) >= 11 is 1.64. The molecule has 0 bridgehead atoms. The van der Waals surface area contributed by atoms with Crippen LogP contribution in [0.25, 0.3) is 10.2 Å². The predicted octanol–water partition coefficient (Wildman–Crippen LogP) is 2.44. The summed E-state index contributed by atoms with van der Waals surface area (Å²) in [5, 5.41) is 6.43. The molecule has 92 valence electrons. The largest absolute Gasteiger partial charge is 0.352 e. The van der Waals surface area contributed by atoms with Gasteiger partial charge in [0.1, 0.15) is 4.83 Å². The van der Waals surface area contributed by atoms with Gasteiger partial charge in [-0.1, -0.05) is 0 Å². The minimum atomic E-state index is 0.0771. The molecule has 0 aliphatic heterocycles. The maximum atomic E-state index is 4.48. The van der Waals surface area contributed by atoms with Crippen LogP contribution < -0.4 is 5.32 Å². The SMILES string of the molecule is CN(C)C(C)(C)CNc1ncc2ccsc2n1. The van der Waals surface area contributed by atoms with Gasteiger partial charge in [0.05, 0.1) is 0 Å². The molecule has 0 unspecified atom stereocenters. The number of rotatable bonds is 4. The van der Waals surface area contributed by atoms with Gasteiger partial charge in [0.2, 0.25) is 5.95 Å². The van der Waals surface area contributed by atoms with Gasteiger partial charge in [0.25, 0.3) is 0 Å². The summed E-state index contributed by atoms with van der Waals surface area (Å²) in [6.45, 7) is 5.18. The highest BCUT2D eigenvalue weighted by atomic mass is 32.1.